The Bertz CT molecular complexity index is 1070. The van der Waals surface area contributed by atoms with Gasteiger partial charge in [0.05, 0.1) is 6.04 Å². The highest BCUT2D eigenvalue weighted by molar-refractivity contribution is 5.92. The predicted molar refractivity (Wildman–Crippen MR) is 110 cm³/mol. The number of para-hydroxylation sites is 1. The molecule has 31 heavy (non-hydrogen) atoms. The largest absolute Gasteiger partial charge is 0.486 e. The predicted octanol–water partition coefficient (Wildman–Crippen LogP) is 3.29. The number of ether oxygens (including phenoxy) is 3. The van der Waals surface area contributed by atoms with Crippen LogP contribution in [-0.4, -0.2) is 18.7 Å². The number of rotatable bonds is 6. The molecule has 160 valence electrons. The van der Waals surface area contributed by atoms with Gasteiger partial charge in [-0.25, -0.2) is 10.2 Å². The van der Waals surface area contributed by atoms with Gasteiger partial charge in [-0.05, 0) is 48.9 Å². The van der Waals surface area contributed by atoms with Crippen LogP contribution in [0.15, 0.2) is 65.1 Å². The maximum atomic E-state index is 12.2. The van der Waals surface area contributed by atoms with Crippen molar-refractivity contribution in [3.05, 3.63) is 77.7 Å². The number of amides is 3. The van der Waals surface area contributed by atoms with Gasteiger partial charge in [0, 0.05) is 0 Å². The molecule has 3 amide bonds. The maximum Gasteiger partial charge on any atom is 0.333 e. The molecule has 2 heterocycles. The number of urea groups is 1. The Hall–Kier alpha value is -4.14. The van der Waals surface area contributed by atoms with Crippen molar-refractivity contribution in [2.24, 2.45) is 0 Å². The van der Waals surface area contributed by atoms with Crippen molar-refractivity contribution in [1.82, 2.24) is 16.2 Å². The SMILES string of the molecule is CC(NC(=O)NNC(=O)c1ccc(COc2ccccc2)o1)c1ccc2c(c1)OCO2. The van der Waals surface area contributed by atoms with Gasteiger partial charge < -0.3 is 23.9 Å². The number of hydrogen-bond donors (Lipinski definition) is 3. The summed E-state index contributed by atoms with van der Waals surface area (Å²) in [4.78, 5) is 24.3. The van der Waals surface area contributed by atoms with Crippen molar-refractivity contribution in [3.63, 3.8) is 0 Å². The second kappa shape index (κ2) is 9.12. The van der Waals surface area contributed by atoms with Crippen LogP contribution in [0, 0.1) is 0 Å². The fraction of sp³-hybridized carbons (Fsp3) is 0.182. The van der Waals surface area contributed by atoms with Gasteiger partial charge in [-0.2, -0.15) is 0 Å². The number of carbonyl (C=O) groups excluding carboxylic acids is 2. The molecule has 1 unspecified atom stereocenters. The highest BCUT2D eigenvalue weighted by atomic mass is 16.7. The molecule has 0 aliphatic carbocycles. The number of hydrazine groups is 1. The highest BCUT2D eigenvalue weighted by Gasteiger charge is 2.17. The zero-order chi connectivity index (χ0) is 21.6. The lowest BCUT2D eigenvalue weighted by Crippen LogP contribution is -2.47. The van der Waals surface area contributed by atoms with Crippen molar-refractivity contribution in [1.29, 1.82) is 0 Å². The van der Waals surface area contributed by atoms with E-state index in [0.717, 1.165) is 5.56 Å². The fourth-order valence-electron chi connectivity index (χ4n) is 2.92. The second-order valence-corrected chi connectivity index (χ2v) is 6.75. The van der Waals surface area contributed by atoms with Crippen LogP contribution in [0.25, 0.3) is 0 Å². The van der Waals surface area contributed by atoms with E-state index in [1.165, 1.54) is 6.07 Å². The third-order valence-electron chi connectivity index (χ3n) is 4.54. The number of nitrogens with one attached hydrogen (secondary N) is 3. The van der Waals surface area contributed by atoms with E-state index in [-0.39, 0.29) is 25.2 Å². The molecule has 3 N–H and O–H groups in total. The zero-order valence-corrected chi connectivity index (χ0v) is 16.7. The van der Waals surface area contributed by atoms with E-state index in [0.29, 0.717) is 23.0 Å². The van der Waals surface area contributed by atoms with Crippen molar-refractivity contribution in [3.8, 4) is 17.2 Å². The van der Waals surface area contributed by atoms with E-state index in [1.54, 1.807) is 18.2 Å². The van der Waals surface area contributed by atoms with Gasteiger partial charge in [0.1, 0.15) is 18.1 Å². The molecule has 0 saturated heterocycles. The molecule has 0 fully saturated rings. The summed E-state index contributed by atoms with van der Waals surface area (Å²) in [6.07, 6.45) is 0. The van der Waals surface area contributed by atoms with Crippen molar-refractivity contribution in [2.75, 3.05) is 6.79 Å². The average Bonchev–Trinajstić information content (AvgIpc) is 3.45. The molecule has 9 nitrogen and oxygen atoms in total. The van der Waals surface area contributed by atoms with Crippen LogP contribution in [-0.2, 0) is 6.61 Å². The summed E-state index contributed by atoms with van der Waals surface area (Å²) in [5.74, 6) is 1.94. The van der Waals surface area contributed by atoms with Gasteiger partial charge >= 0.3 is 11.9 Å². The van der Waals surface area contributed by atoms with Crippen LogP contribution in [0.3, 0.4) is 0 Å². The summed E-state index contributed by atoms with van der Waals surface area (Å²) in [5.41, 5.74) is 5.44. The lowest BCUT2D eigenvalue weighted by atomic mass is 10.1. The molecule has 0 saturated carbocycles. The Morgan fingerprint density at radius 3 is 2.65 bits per heavy atom. The summed E-state index contributed by atoms with van der Waals surface area (Å²) in [5, 5.41) is 2.73. The summed E-state index contributed by atoms with van der Waals surface area (Å²) in [6, 6.07) is 16.9. The summed E-state index contributed by atoms with van der Waals surface area (Å²) < 4.78 is 21.6. The van der Waals surface area contributed by atoms with Gasteiger partial charge in [0.15, 0.2) is 17.3 Å². The zero-order valence-electron chi connectivity index (χ0n) is 16.7. The Balaban J connectivity index is 1.24. The molecule has 1 aromatic heterocycles. The van der Waals surface area contributed by atoms with Gasteiger partial charge in [-0.3, -0.25) is 10.2 Å². The van der Waals surface area contributed by atoms with E-state index < -0.39 is 11.9 Å². The second-order valence-electron chi connectivity index (χ2n) is 6.75. The van der Waals surface area contributed by atoms with Gasteiger partial charge in [-0.15, -0.1) is 0 Å². The van der Waals surface area contributed by atoms with Crippen molar-refractivity contribution >= 4 is 11.9 Å². The fourth-order valence-corrected chi connectivity index (χ4v) is 2.92. The molecule has 0 spiro atoms. The van der Waals surface area contributed by atoms with E-state index in [1.807, 2.05) is 43.3 Å². The molecule has 1 atom stereocenters. The molecule has 0 radical (unpaired) electrons. The number of hydrogen-bond acceptors (Lipinski definition) is 6. The van der Waals surface area contributed by atoms with Crippen LogP contribution in [0.4, 0.5) is 4.79 Å². The summed E-state index contributed by atoms with van der Waals surface area (Å²) >= 11 is 0. The van der Waals surface area contributed by atoms with E-state index in [4.69, 9.17) is 18.6 Å². The molecular weight excluding hydrogens is 402 g/mol. The molecule has 3 aromatic rings. The monoisotopic (exact) mass is 423 g/mol. The third-order valence-corrected chi connectivity index (χ3v) is 4.54. The van der Waals surface area contributed by atoms with Gasteiger partial charge in [-0.1, -0.05) is 24.3 Å². The Labute approximate surface area is 178 Å². The smallest absolute Gasteiger partial charge is 0.333 e. The summed E-state index contributed by atoms with van der Waals surface area (Å²) in [6.45, 7) is 2.17. The average molecular weight is 423 g/mol. The van der Waals surface area contributed by atoms with E-state index in [2.05, 4.69) is 16.2 Å². The Kier molecular flexibility index (Phi) is 5.93. The van der Waals surface area contributed by atoms with Crippen LogP contribution >= 0.6 is 0 Å². The molecule has 0 bridgehead atoms. The first-order valence-electron chi connectivity index (χ1n) is 9.61. The van der Waals surface area contributed by atoms with Crippen LogP contribution in [0.5, 0.6) is 17.2 Å². The minimum absolute atomic E-state index is 0.0516. The topological polar surface area (TPSA) is 111 Å². The third kappa shape index (κ3) is 5.08. The lowest BCUT2D eigenvalue weighted by molar-refractivity contribution is 0.0904. The molecule has 1 aliphatic heterocycles. The highest BCUT2D eigenvalue weighted by Crippen LogP contribution is 2.34. The quantitative estimate of drug-likeness (QED) is 0.525. The lowest BCUT2D eigenvalue weighted by Gasteiger charge is -2.15. The Morgan fingerprint density at radius 2 is 1.81 bits per heavy atom. The molecule has 2 aromatic carbocycles. The van der Waals surface area contributed by atoms with Crippen molar-refractivity contribution < 1.29 is 28.2 Å². The van der Waals surface area contributed by atoms with Crippen LogP contribution in [0.1, 0.15) is 34.8 Å². The molecule has 9 heteroatoms. The first-order valence-corrected chi connectivity index (χ1v) is 9.61. The number of benzene rings is 2. The van der Waals surface area contributed by atoms with Gasteiger partial charge in [0.25, 0.3) is 0 Å². The van der Waals surface area contributed by atoms with Crippen LogP contribution in [0.2, 0.25) is 0 Å². The first-order chi connectivity index (χ1) is 15.1. The first kappa shape index (κ1) is 20.1. The molecular formula is C22H21N3O6. The summed E-state index contributed by atoms with van der Waals surface area (Å²) in [7, 11) is 0. The maximum absolute atomic E-state index is 12.2. The number of furan rings is 1. The Morgan fingerprint density at radius 1 is 1.00 bits per heavy atom. The molecule has 1 aliphatic rings. The number of fused-ring (bicyclic) bond motifs is 1. The molecule has 4 rings (SSSR count). The van der Waals surface area contributed by atoms with Crippen molar-refractivity contribution in [2.45, 2.75) is 19.6 Å². The van der Waals surface area contributed by atoms with E-state index in [9.17, 15) is 9.59 Å². The van der Waals surface area contributed by atoms with E-state index >= 15 is 0 Å². The van der Waals surface area contributed by atoms with Gasteiger partial charge in [0.2, 0.25) is 6.79 Å². The minimum atomic E-state index is -0.586. The minimum Gasteiger partial charge on any atom is -0.486 e. The normalized spacial score (nSPS) is 12.7. The standard InChI is InChI=1S/C22H21N3O6/c1-14(15-7-9-18-20(11-15)30-13-29-18)23-22(27)25-24-21(26)19-10-8-17(31-19)12-28-16-5-3-2-4-6-16/h2-11,14H,12-13H2,1H3,(H,24,26)(H2,23,25,27). The van der Waals surface area contributed by atoms with Crippen LogP contribution < -0.4 is 30.4 Å². The number of carbonyl (C=O) groups is 2.